The van der Waals surface area contributed by atoms with Gasteiger partial charge in [-0.3, -0.25) is 4.79 Å². The molecule has 1 heterocycles. The van der Waals surface area contributed by atoms with Gasteiger partial charge >= 0.3 is 5.97 Å². The Morgan fingerprint density at radius 1 is 1.00 bits per heavy atom. The second-order valence-corrected chi connectivity index (χ2v) is 8.44. The van der Waals surface area contributed by atoms with Gasteiger partial charge in [0, 0.05) is 12.0 Å². The van der Waals surface area contributed by atoms with Crippen LogP contribution in [0, 0.1) is 0 Å². The first kappa shape index (κ1) is 25.0. The van der Waals surface area contributed by atoms with Crippen LogP contribution in [0.4, 0.5) is 0 Å². The highest BCUT2D eigenvalue weighted by Crippen LogP contribution is 2.25. The zero-order valence-electron chi connectivity index (χ0n) is 19.4. The number of allylic oxidation sites excluding steroid dienone is 2. The van der Waals surface area contributed by atoms with Gasteiger partial charge in [0.2, 0.25) is 0 Å². The van der Waals surface area contributed by atoms with E-state index in [1.54, 1.807) is 0 Å². The molecule has 1 aromatic carbocycles. The smallest absolute Gasteiger partial charge is 0.306 e. The molecule has 0 saturated heterocycles. The largest absolute Gasteiger partial charge is 0.488 e. The Morgan fingerprint density at radius 2 is 1.71 bits per heavy atom. The number of ether oxygens (including phenoxy) is 2. The minimum Gasteiger partial charge on any atom is -0.488 e. The van der Waals surface area contributed by atoms with Gasteiger partial charge in [-0.2, -0.15) is 0 Å². The minimum atomic E-state index is -0.110. The standard InChI is InChI=1S/C28H40O3/c1-3-4-5-6-7-8-9-10-11-12-13-14-15-16-28(29)31-23-25-18-20-27-26(21-25)19-17-24(2)22-30-27/h8-9,17-21H,2-7,10-16,22-23H2,1H3/b9-8-. The Labute approximate surface area is 189 Å². The number of carbonyl (C=O) groups excluding carboxylic acids is 1. The van der Waals surface area contributed by atoms with E-state index in [4.69, 9.17) is 9.47 Å². The Balaban J connectivity index is 1.49. The van der Waals surface area contributed by atoms with E-state index in [9.17, 15) is 4.79 Å². The van der Waals surface area contributed by atoms with Crippen molar-refractivity contribution in [2.45, 2.75) is 90.6 Å². The summed E-state index contributed by atoms with van der Waals surface area (Å²) in [5, 5.41) is 0. The maximum atomic E-state index is 12.0. The number of esters is 1. The predicted molar refractivity (Wildman–Crippen MR) is 130 cm³/mol. The van der Waals surface area contributed by atoms with Gasteiger partial charge in [0.15, 0.2) is 0 Å². The van der Waals surface area contributed by atoms with Gasteiger partial charge in [0.05, 0.1) is 0 Å². The third kappa shape index (κ3) is 11.1. The Bertz CT molecular complexity index is 730. The average Bonchev–Trinajstić information content (AvgIpc) is 2.96. The fourth-order valence-corrected chi connectivity index (χ4v) is 3.60. The normalized spacial score (nSPS) is 13.1. The molecule has 0 aromatic heterocycles. The molecule has 0 radical (unpaired) electrons. The van der Waals surface area contributed by atoms with E-state index in [0.717, 1.165) is 35.3 Å². The van der Waals surface area contributed by atoms with Gasteiger partial charge in [-0.25, -0.2) is 0 Å². The van der Waals surface area contributed by atoms with Crippen LogP contribution >= 0.6 is 0 Å². The minimum absolute atomic E-state index is 0.110. The lowest BCUT2D eigenvalue weighted by molar-refractivity contribution is -0.145. The molecule has 1 aromatic rings. The third-order valence-corrected chi connectivity index (χ3v) is 5.53. The zero-order chi connectivity index (χ0) is 22.2. The van der Waals surface area contributed by atoms with Crippen LogP contribution in [-0.2, 0) is 16.1 Å². The van der Waals surface area contributed by atoms with Crippen LogP contribution in [0.25, 0.3) is 6.08 Å². The molecule has 0 saturated carbocycles. The number of unbranched alkanes of at least 4 members (excludes halogenated alkanes) is 9. The lowest BCUT2D eigenvalue weighted by atomic mass is 10.1. The topological polar surface area (TPSA) is 35.5 Å². The van der Waals surface area contributed by atoms with Gasteiger partial charge in [-0.15, -0.1) is 0 Å². The van der Waals surface area contributed by atoms with Crippen LogP contribution in [0.3, 0.4) is 0 Å². The number of fused-ring (bicyclic) bond motifs is 1. The maximum absolute atomic E-state index is 12.0. The molecule has 0 spiro atoms. The summed E-state index contributed by atoms with van der Waals surface area (Å²) in [6, 6.07) is 5.90. The van der Waals surface area contributed by atoms with Gasteiger partial charge in [0.1, 0.15) is 19.0 Å². The monoisotopic (exact) mass is 424 g/mol. The molecule has 0 atom stereocenters. The molecule has 0 bridgehead atoms. The maximum Gasteiger partial charge on any atom is 0.306 e. The van der Waals surface area contributed by atoms with E-state index in [0.29, 0.717) is 19.6 Å². The molecule has 3 nitrogen and oxygen atoms in total. The summed E-state index contributed by atoms with van der Waals surface area (Å²) in [4.78, 5) is 12.0. The summed E-state index contributed by atoms with van der Waals surface area (Å²) in [6.07, 6.45) is 22.6. The molecule has 1 aliphatic heterocycles. The molecule has 31 heavy (non-hydrogen) atoms. The van der Waals surface area contributed by atoms with Gasteiger partial charge in [-0.05, 0) is 55.4 Å². The van der Waals surface area contributed by atoms with E-state index in [-0.39, 0.29) is 5.97 Å². The molecule has 0 amide bonds. The molecule has 1 aliphatic rings. The second kappa shape index (κ2) is 15.5. The lowest BCUT2D eigenvalue weighted by Crippen LogP contribution is -2.04. The zero-order valence-corrected chi connectivity index (χ0v) is 19.4. The Kier molecular flexibility index (Phi) is 12.5. The summed E-state index contributed by atoms with van der Waals surface area (Å²) in [6.45, 7) is 7.00. The van der Waals surface area contributed by atoms with Crippen molar-refractivity contribution in [2.24, 2.45) is 0 Å². The average molecular weight is 425 g/mol. The van der Waals surface area contributed by atoms with Crippen LogP contribution in [0.15, 0.2) is 48.6 Å². The fraction of sp³-hybridized carbons (Fsp3) is 0.536. The molecule has 0 fully saturated rings. The summed E-state index contributed by atoms with van der Waals surface area (Å²) in [7, 11) is 0. The number of hydrogen-bond acceptors (Lipinski definition) is 3. The molecular formula is C28H40O3. The van der Waals surface area contributed by atoms with Crippen LogP contribution in [0.2, 0.25) is 0 Å². The highest BCUT2D eigenvalue weighted by molar-refractivity contribution is 5.69. The van der Waals surface area contributed by atoms with Gasteiger partial charge in [-0.1, -0.05) is 82.4 Å². The SMILES string of the molecule is C=C1C=Cc2cc(COC(=O)CCCCCCC/C=C\CCCCCC)ccc2OC1. The fourth-order valence-electron chi connectivity index (χ4n) is 3.60. The molecule has 0 unspecified atom stereocenters. The highest BCUT2D eigenvalue weighted by Gasteiger charge is 2.09. The van der Waals surface area contributed by atoms with E-state index >= 15 is 0 Å². The molecular weight excluding hydrogens is 384 g/mol. The van der Waals surface area contributed by atoms with Crippen molar-refractivity contribution in [2.75, 3.05) is 6.61 Å². The summed E-state index contributed by atoms with van der Waals surface area (Å²) >= 11 is 0. The van der Waals surface area contributed by atoms with Gasteiger partial charge in [0.25, 0.3) is 0 Å². The van der Waals surface area contributed by atoms with E-state index in [1.165, 1.54) is 57.8 Å². The van der Waals surface area contributed by atoms with Crippen molar-refractivity contribution in [3.8, 4) is 5.75 Å². The van der Waals surface area contributed by atoms with Crippen molar-refractivity contribution in [1.82, 2.24) is 0 Å². The van der Waals surface area contributed by atoms with E-state index in [1.807, 2.05) is 30.4 Å². The van der Waals surface area contributed by atoms with Crippen LogP contribution in [0.1, 0.15) is 95.1 Å². The highest BCUT2D eigenvalue weighted by atomic mass is 16.5. The van der Waals surface area contributed by atoms with E-state index < -0.39 is 0 Å². The Hall–Kier alpha value is -2.29. The van der Waals surface area contributed by atoms with Crippen molar-refractivity contribution < 1.29 is 14.3 Å². The molecule has 0 N–H and O–H groups in total. The van der Waals surface area contributed by atoms with Crippen molar-refractivity contribution in [3.05, 3.63) is 59.7 Å². The van der Waals surface area contributed by atoms with Crippen LogP contribution in [-0.4, -0.2) is 12.6 Å². The predicted octanol–water partition coefficient (Wildman–Crippen LogP) is 7.95. The summed E-state index contributed by atoms with van der Waals surface area (Å²) in [5.74, 6) is 0.730. The molecule has 2 rings (SSSR count). The van der Waals surface area contributed by atoms with Crippen LogP contribution in [0.5, 0.6) is 5.75 Å². The quantitative estimate of drug-likeness (QED) is 0.163. The third-order valence-electron chi connectivity index (χ3n) is 5.53. The lowest BCUT2D eigenvalue weighted by Gasteiger charge is -2.09. The number of rotatable bonds is 15. The molecule has 170 valence electrons. The summed E-state index contributed by atoms with van der Waals surface area (Å²) < 4.78 is 11.1. The number of hydrogen-bond donors (Lipinski definition) is 0. The number of benzene rings is 1. The second-order valence-electron chi connectivity index (χ2n) is 8.44. The Morgan fingerprint density at radius 3 is 2.48 bits per heavy atom. The first-order valence-corrected chi connectivity index (χ1v) is 12.1. The van der Waals surface area contributed by atoms with Crippen molar-refractivity contribution >= 4 is 12.0 Å². The molecule has 3 heteroatoms. The van der Waals surface area contributed by atoms with Gasteiger partial charge < -0.3 is 9.47 Å². The molecule has 0 aliphatic carbocycles. The first-order valence-electron chi connectivity index (χ1n) is 12.1. The first-order chi connectivity index (χ1) is 15.2. The van der Waals surface area contributed by atoms with E-state index in [2.05, 4.69) is 25.7 Å². The van der Waals surface area contributed by atoms with Crippen LogP contribution < -0.4 is 4.74 Å². The number of carbonyl (C=O) groups is 1. The summed E-state index contributed by atoms with van der Waals surface area (Å²) in [5.41, 5.74) is 2.92. The van der Waals surface area contributed by atoms with Crippen molar-refractivity contribution in [3.63, 3.8) is 0 Å². The van der Waals surface area contributed by atoms with Crippen molar-refractivity contribution in [1.29, 1.82) is 0 Å².